The number of ether oxygens (including phenoxy) is 2. The fourth-order valence-corrected chi connectivity index (χ4v) is 2.39. The lowest BCUT2D eigenvalue weighted by Crippen LogP contribution is -2.12. The van der Waals surface area contributed by atoms with E-state index in [2.05, 4.69) is 21.2 Å². The highest BCUT2D eigenvalue weighted by Gasteiger charge is 2.07. The maximum absolute atomic E-state index is 6.18. The summed E-state index contributed by atoms with van der Waals surface area (Å²) in [6.07, 6.45) is 0. The van der Waals surface area contributed by atoms with Crippen LogP contribution in [0.1, 0.15) is 5.56 Å². The van der Waals surface area contributed by atoms with Gasteiger partial charge in [0.05, 0.1) is 5.02 Å². The van der Waals surface area contributed by atoms with E-state index in [-0.39, 0.29) is 0 Å². The molecule has 112 valence electrons. The Kier molecular flexibility index (Phi) is 6.36. The number of hydrogen-bond acceptors (Lipinski definition) is 3. The van der Waals surface area contributed by atoms with Crippen LogP contribution in [0.25, 0.3) is 0 Å². The van der Waals surface area contributed by atoms with Crippen LogP contribution >= 0.6 is 27.5 Å². The van der Waals surface area contributed by atoms with Gasteiger partial charge >= 0.3 is 0 Å². The van der Waals surface area contributed by atoms with Crippen molar-refractivity contribution in [1.29, 1.82) is 0 Å². The molecule has 5 heteroatoms. The predicted molar refractivity (Wildman–Crippen MR) is 89.3 cm³/mol. The monoisotopic (exact) mass is 369 g/mol. The fraction of sp³-hybridized carbons (Fsp3) is 0.250. The van der Waals surface area contributed by atoms with E-state index < -0.39 is 0 Å². The van der Waals surface area contributed by atoms with Crippen LogP contribution in [0.3, 0.4) is 0 Å². The van der Waals surface area contributed by atoms with Crippen LogP contribution in [0.4, 0.5) is 0 Å². The van der Waals surface area contributed by atoms with Crippen molar-refractivity contribution in [3.8, 4) is 11.5 Å². The molecular formula is C16H17BrClNO2. The van der Waals surface area contributed by atoms with Gasteiger partial charge in [0, 0.05) is 16.6 Å². The summed E-state index contributed by atoms with van der Waals surface area (Å²) in [5, 5.41) is 3.72. The van der Waals surface area contributed by atoms with E-state index in [1.54, 1.807) is 0 Å². The summed E-state index contributed by atoms with van der Waals surface area (Å²) in [6, 6.07) is 13.4. The van der Waals surface area contributed by atoms with Crippen LogP contribution in [0.15, 0.2) is 46.9 Å². The van der Waals surface area contributed by atoms with E-state index in [1.165, 1.54) is 0 Å². The van der Waals surface area contributed by atoms with Crippen molar-refractivity contribution in [1.82, 2.24) is 5.32 Å². The van der Waals surface area contributed by atoms with Crippen LogP contribution in [0.2, 0.25) is 5.02 Å². The largest absolute Gasteiger partial charge is 0.490 e. The van der Waals surface area contributed by atoms with Gasteiger partial charge in [0.25, 0.3) is 0 Å². The molecule has 3 nitrogen and oxygen atoms in total. The quantitative estimate of drug-likeness (QED) is 0.738. The normalized spacial score (nSPS) is 10.4. The van der Waals surface area contributed by atoms with Crippen molar-refractivity contribution in [2.45, 2.75) is 6.54 Å². The standard InChI is InChI=1S/C16H17BrClNO2/c1-19-11-12-3-2-4-15(18)16(12)21-10-9-20-14-7-5-13(17)6-8-14/h2-8,19H,9-11H2,1H3. The number of halogens is 2. The predicted octanol–water partition coefficient (Wildman–Crippen LogP) is 4.28. The van der Waals surface area contributed by atoms with Gasteiger partial charge in [-0.05, 0) is 37.4 Å². The van der Waals surface area contributed by atoms with Crippen LogP contribution in [-0.4, -0.2) is 20.3 Å². The second kappa shape index (κ2) is 8.27. The van der Waals surface area contributed by atoms with E-state index in [4.69, 9.17) is 21.1 Å². The first-order chi connectivity index (χ1) is 10.2. The first kappa shape index (κ1) is 16.1. The summed E-state index contributed by atoms with van der Waals surface area (Å²) in [5.74, 6) is 1.53. The Morgan fingerprint density at radius 1 is 1.05 bits per heavy atom. The molecule has 0 aliphatic rings. The lowest BCUT2D eigenvalue weighted by Gasteiger charge is -2.13. The van der Waals surface area contributed by atoms with Gasteiger partial charge in [-0.2, -0.15) is 0 Å². The molecule has 2 aromatic carbocycles. The van der Waals surface area contributed by atoms with Crippen molar-refractivity contribution >= 4 is 27.5 Å². The Bertz CT molecular complexity index is 575. The van der Waals surface area contributed by atoms with Gasteiger partial charge in [-0.15, -0.1) is 0 Å². The molecule has 0 bridgehead atoms. The zero-order chi connectivity index (χ0) is 15.1. The number of benzene rings is 2. The first-order valence-electron chi connectivity index (χ1n) is 6.64. The molecule has 0 radical (unpaired) electrons. The second-order valence-electron chi connectivity index (χ2n) is 4.41. The molecule has 0 aliphatic carbocycles. The van der Waals surface area contributed by atoms with Crippen molar-refractivity contribution in [2.24, 2.45) is 0 Å². The Balaban J connectivity index is 1.87. The Hall–Kier alpha value is -1.23. The highest BCUT2D eigenvalue weighted by molar-refractivity contribution is 9.10. The summed E-state index contributed by atoms with van der Waals surface area (Å²) < 4.78 is 12.4. The molecule has 0 spiro atoms. The van der Waals surface area contributed by atoms with Crippen LogP contribution in [0, 0.1) is 0 Å². The molecule has 1 N–H and O–H groups in total. The van der Waals surface area contributed by atoms with Crippen molar-refractivity contribution in [2.75, 3.05) is 20.3 Å². The first-order valence-corrected chi connectivity index (χ1v) is 7.81. The average Bonchev–Trinajstić information content (AvgIpc) is 2.48. The lowest BCUT2D eigenvalue weighted by atomic mass is 10.2. The minimum atomic E-state index is 0.441. The maximum Gasteiger partial charge on any atom is 0.142 e. The van der Waals surface area contributed by atoms with Gasteiger partial charge in [-0.3, -0.25) is 0 Å². The van der Waals surface area contributed by atoms with E-state index in [0.29, 0.717) is 30.5 Å². The van der Waals surface area contributed by atoms with Gasteiger partial charge in [0.15, 0.2) is 0 Å². The number of rotatable bonds is 7. The maximum atomic E-state index is 6.18. The zero-order valence-corrected chi connectivity index (χ0v) is 14.1. The summed E-state index contributed by atoms with van der Waals surface area (Å²) in [4.78, 5) is 0. The molecule has 0 heterocycles. The third kappa shape index (κ3) is 4.92. The van der Waals surface area contributed by atoms with Gasteiger partial charge in [0.1, 0.15) is 24.7 Å². The van der Waals surface area contributed by atoms with Crippen molar-refractivity contribution in [3.05, 3.63) is 57.5 Å². The van der Waals surface area contributed by atoms with Crippen molar-refractivity contribution in [3.63, 3.8) is 0 Å². The smallest absolute Gasteiger partial charge is 0.142 e. The molecule has 0 unspecified atom stereocenters. The zero-order valence-electron chi connectivity index (χ0n) is 11.7. The minimum absolute atomic E-state index is 0.441. The van der Waals surface area contributed by atoms with Crippen LogP contribution in [0.5, 0.6) is 11.5 Å². The summed E-state index contributed by atoms with van der Waals surface area (Å²) in [7, 11) is 1.89. The third-order valence-corrected chi connectivity index (χ3v) is 3.65. The highest BCUT2D eigenvalue weighted by Crippen LogP contribution is 2.28. The van der Waals surface area contributed by atoms with Gasteiger partial charge in [-0.25, -0.2) is 0 Å². The molecule has 0 saturated carbocycles. The average molecular weight is 371 g/mol. The molecule has 0 aromatic heterocycles. The SMILES string of the molecule is CNCc1cccc(Cl)c1OCCOc1ccc(Br)cc1. The van der Waals surface area contributed by atoms with Crippen molar-refractivity contribution < 1.29 is 9.47 Å². The highest BCUT2D eigenvalue weighted by atomic mass is 79.9. The molecule has 0 atom stereocenters. The summed E-state index contributed by atoms with van der Waals surface area (Å²) >= 11 is 9.57. The number of para-hydroxylation sites is 1. The molecule has 2 rings (SSSR count). The Labute approximate surface area is 138 Å². The van der Waals surface area contributed by atoms with Crippen LogP contribution in [-0.2, 0) is 6.54 Å². The summed E-state index contributed by atoms with van der Waals surface area (Å²) in [5.41, 5.74) is 1.04. The van der Waals surface area contributed by atoms with Crippen LogP contribution < -0.4 is 14.8 Å². The third-order valence-electron chi connectivity index (χ3n) is 2.83. The molecule has 0 saturated heterocycles. The Morgan fingerprint density at radius 2 is 1.76 bits per heavy atom. The molecule has 0 amide bonds. The lowest BCUT2D eigenvalue weighted by molar-refractivity contribution is 0.216. The topological polar surface area (TPSA) is 30.5 Å². The van der Waals surface area contributed by atoms with Gasteiger partial charge in [0.2, 0.25) is 0 Å². The summed E-state index contributed by atoms with van der Waals surface area (Å²) in [6.45, 7) is 1.62. The second-order valence-corrected chi connectivity index (χ2v) is 5.73. The molecule has 21 heavy (non-hydrogen) atoms. The molecular weight excluding hydrogens is 354 g/mol. The van der Waals surface area contributed by atoms with Gasteiger partial charge in [-0.1, -0.05) is 39.7 Å². The van der Waals surface area contributed by atoms with E-state index in [9.17, 15) is 0 Å². The number of hydrogen-bond donors (Lipinski definition) is 1. The van der Waals surface area contributed by atoms with E-state index >= 15 is 0 Å². The van der Waals surface area contributed by atoms with E-state index in [0.717, 1.165) is 15.8 Å². The molecule has 0 fully saturated rings. The minimum Gasteiger partial charge on any atom is -0.490 e. The van der Waals surface area contributed by atoms with Gasteiger partial charge < -0.3 is 14.8 Å². The number of nitrogens with one attached hydrogen (secondary N) is 1. The Morgan fingerprint density at radius 3 is 2.48 bits per heavy atom. The molecule has 2 aromatic rings. The molecule has 0 aliphatic heterocycles. The van der Waals surface area contributed by atoms with E-state index in [1.807, 2.05) is 49.5 Å². The fourth-order valence-electron chi connectivity index (χ4n) is 1.88.